The van der Waals surface area contributed by atoms with Gasteiger partial charge in [-0.15, -0.1) is 0 Å². The van der Waals surface area contributed by atoms with Crippen LogP contribution in [0.5, 0.6) is 11.5 Å². The molecule has 1 N–H and O–H groups in total. The van der Waals surface area contributed by atoms with Gasteiger partial charge < -0.3 is 14.8 Å². The van der Waals surface area contributed by atoms with E-state index >= 15 is 0 Å². The number of hydrogen-bond donors (Lipinski definition) is 1. The summed E-state index contributed by atoms with van der Waals surface area (Å²) in [4.78, 5) is 4.55. The zero-order valence-corrected chi connectivity index (χ0v) is 12.4. The molecule has 1 aromatic carbocycles. The van der Waals surface area contributed by atoms with Crippen molar-refractivity contribution in [2.75, 3.05) is 19.5 Å². The van der Waals surface area contributed by atoms with Crippen LogP contribution in [0.1, 0.15) is 0 Å². The van der Waals surface area contributed by atoms with E-state index in [1.165, 1.54) is 0 Å². The lowest BCUT2D eigenvalue weighted by Gasteiger charge is -2.09. The molecule has 2 aromatic heterocycles. The molecule has 6 heteroatoms. The van der Waals surface area contributed by atoms with E-state index in [9.17, 15) is 0 Å². The highest BCUT2D eigenvalue weighted by atomic mass is 16.5. The van der Waals surface area contributed by atoms with Gasteiger partial charge in [0.05, 0.1) is 20.4 Å². The van der Waals surface area contributed by atoms with Crippen LogP contribution < -0.4 is 14.8 Å². The second kappa shape index (κ2) is 5.93. The lowest BCUT2D eigenvalue weighted by atomic mass is 10.1. The molecule has 112 valence electrons. The summed E-state index contributed by atoms with van der Waals surface area (Å²) >= 11 is 0. The maximum Gasteiger partial charge on any atom is 0.165 e. The normalized spacial score (nSPS) is 10.7. The summed E-state index contributed by atoms with van der Waals surface area (Å²) in [6.45, 7) is 5.23. The van der Waals surface area contributed by atoms with Crippen molar-refractivity contribution in [2.45, 2.75) is 0 Å². The first kappa shape index (κ1) is 14.2. The van der Waals surface area contributed by atoms with Crippen molar-refractivity contribution in [3.63, 3.8) is 0 Å². The molecule has 0 saturated heterocycles. The molecule has 0 unspecified atom stereocenters. The highest BCUT2D eigenvalue weighted by Gasteiger charge is 2.12. The Morgan fingerprint density at radius 3 is 2.73 bits per heavy atom. The molecule has 0 fully saturated rings. The summed E-state index contributed by atoms with van der Waals surface area (Å²) in [5, 5.41) is 7.30. The standard InChI is InChI=1S/C16H16N4O2/c1-4-17-15-7-8-20-16(19-15)12(10-18-20)11-5-6-13(21-2)14(9-11)22-3/h4-10H,1H2,2-3H3,(H,17,19). The van der Waals surface area contributed by atoms with Crippen molar-refractivity contribution in [1.29, 1.82) is 0 Å². The molecule has 3 rings (SSSR count). The summed E-state index contributed by atoms with van der Waals surface area (Å²) in [6.07, 6.45) is 3.62. The van der Waals surface area contributed by atoms with E-state index in [0.717, 1.165) is 16.8 Å². The van der Waals surface area contributed by atoms with Crippen LogP contribution in [0.15, 0.2) is 36.7 Å². The molecule has 6 nitrogen and oxygen atoms in total. The maximum absolute atomic E-state index is 5.35. The van der Waals surface area contributed by atoms with E-state index in [0.29, 0.717) is 17.3 Å². The number of benzene rings is 1. The van der Waals surface area contributed by atoms with E-state index in [-0.39, 0.29) is 0 Å². The van der Waals surface area contributed by atoms with Gasteiger partial charge in [-0.3, -0.25) is 0 Å². The van der Waals surface area contributed by atoms with Crippen LogP contribution in [0.3, 0.4) is 0 Å². The molecule has 22 heavy (non-hydrogen) atoms. The monoisotopic (exact) mass is 296 g/mol. The number of hydrogen-bond acceptors (Lipinski definition) is 5. The molecule has 3 aromatic rings. The van der Waals surface area contributed by atoms with Crippen LogP contribution in [0.2, 0.25) is 0 Å². The average Bonchev–Trinajstić information content (AvgIpc) is 2.97. The van der Waals surface area contributed by atoms with Gasteiger partial charge in [0.25, 0.3) is 0 Å². The lowest BCUT2D eigenvalue weighted by molar-refractivity contribution is 0.355. The Kier molecular flexibility index (Phi) is 3.82. The summed E-state index contributed by atoms with van der Waals surface area (Å²) in [7, 11) is 3.23. The van der Waals surface area contributed by atoms with Crippen LogP contribution >= 0.6 is 0 Å². The van der Waals surface area contributed by atoms with Crippen molar-refractivity contribution >= 4 is 11.5 Å². The second-order valence-corrected chi connectivity index (χ2v) is 4.56. The van der Waals surface area contributed by atoms with Crippen LogP contribution in [0.4, 0.5) is 5.82 Å². The first-order chi connectivity index (χ1) is 10.8. The highest BCUT2D eigenvalue weighted by Crippen LogP contribution is 2.33. The Hall–Kier alpha value is -2.76. The Balaban J connectivity index is 2.11. The van der Waals surface area contributed by atoms with Gasteiger partial charge in [-0.1, -0.05) is 6.07 Å². The number of ether oxygens (including phenoxy) is 2. The van der Waals surface area contributed by atoms with E-state index in [1.54, 1.807) is 31.5 Å². The van der Waals surface area contributed by atoms with Crippen LogP contribution in [-0.2, 0) is 0 Å². The predicted octanol–water partition coefficient (Wildman–Crippen LogP) is 2.82. The van der Waals surface area contributed by atoms with Gasteiger partial charge in [0, 0.05) is 18.3 Å². The van der Waals surface area contributed by atoms with E-state index in [2.05, 4.69) is 22.3 Å². The van der Waals surface area contributed by atoms with Crippen molar-refractivity contribution < 1.29 is 9.47 Å². The number of methoxy groups -OCH3 is 2. The zero-order chi connectivity index (χ0) is 15.5. The van der Waals surface area contributed by atoms with Gasteiger partial charge in [-0.05, 0) is 30.7 Å². The second-order valence-electron chi connectivity index (χ2n) is 4.56. The average molecular weight is 296 g/mol. The molecule has 2 radical (unpaired) electrons. The number of aromatic nitrogens is 3. The molecular formula is C16H16N4O2. The van der Waals surface area contributed by atoms with E-state index < -0.39 is 0 Å². The van der Waals surface area contributed by atoms with Crippen LogP contribution in [0, 0.1) is 13.5 Å². The van der Waals surface area contributed by atoms with Crippen molar-refractivity contribution in [3.8, 4) is 22.6 Å². The summed E-state index contributed by atoms with van der Waals surface area (Å²) in [5.41, 5.74) is 2.61. The lowest BCUT2D eigenvalue weighted by Crippen LogP contribution is -1.98. The van der Waals surface area contributed by atoms with Gasteiger partial charge in [0.2, 0.25) is 0 Å². The van der Waals surface area contributed by atoms with Crippen molar-refractivity contribution in [2.24, 2.45) is 0 Å². The fraction of sp³-hybridized carbons (Fsp3) is 0.125. The summed E-state index contributed by atoms with van der Waals surface area (Å²) < 4.78 is 12.3. The number of fused-ring (bicyclic) bond motifs is 1. The first-order valence-electron chi connectivity index (χ1n) is 6.71. The molecule has 2 heterocycles. The molecule has 0 aliphatic heterocycles. The first-order valence-corrected chi connectivity index (χ1v) is 6.71. The number of nitrogens with zero attached hydrogens (tertiary/aromatic N) is 3. The topological polar surface area (TPSA) is 60.7 Å². The van der Waals surface area contributed by atoms with Crippen molar-refractivity contribution in [1.82, 2.24) is 14.6 Å². The minimum absolute atomic E-state index is 0.666. The molecule has 0 aliphatic carbocycles. The fourth-order valence-electron chi connectivity index (χ4n) is 2.26. The summed E-state index contributed by atoms with van der Waals surface area (Å²) in [6, 6.07) is 7.56. The molecule has 0 spiro atoms. The third kappa shape index (κ3) is 2.43. The smallest absolute Gasteiger partial charge is 0.165 e. The Morgan fingerprint density at radius 2 is 2.00 bits per heavy atom. The molecular weight excluding hydrogens is 280 g/mol. The molecule has 0 atom stereocenters. The van der Waals surface area contributed by atoms with Crippen molar-refractivity contribution in [3.05, 3.63) is 50.1 Å². The minimum Gasteiger partial charge on any atom is -0.493 e. The minimum atomic E-state index is 0.666. The van der Waals surface area contributed by atoms with Gasteiger partial charge in [-0.25, -0.2) is 9.50 Å². The largest absolute Gasteiger partial charge is 0.493 e. The maximum atomic E-state index is 5.35. The quantitative estimate of drug-likeness (QED) is 0.784. The van der Waals surface area contributed by atoms with Gasteiger partial charge in [0.1, 0.15) is 5.82 Å². The van der Waals surface area contributed by atoms with Gasteiger partial charge >= 0.3 is 0 Å². The third-order valence-corrected chi connectivity index (χ3v) is 3.31. The number of anilines is 1. The highest BCUT2D eigenvalue weighted by molar-refractivity contribution is 5.79. The Labute approximate surface area is 128 Å². The van der Waals surface area contributed by atoms with Crippen LogP contribution in [0.25, 0.3) is 16.8 Å². The number of nitrogens with one attached hydrogen (secondary N) is 1. The van der Waals surface area contributed by atoms with Gasteiger partial charge in [-0.2, -0.15) is 5.10 Å². The van der Waals surface area contributed by atoms with Crippen LogP contribution in [-0.4, -0.2) is 28.8 Å². The van der Waals surface area contributed by atoms with Gasteiger partial charge in [0.15, 0.2) is 17.1 Å². The zero-order valence-electron chi connectivity index (χ0n) is 12.4. The SMILES string of the molecule is [CH2][CH]Nc1ccn2ncc(-c3ccc(OC)c(OC)c3)c2n1. The third-order valence-electron chi connectivity index (χ3n) is 3.31. The molecule has 0 bridgehead atoms. The molecule has 0 aliphatic rings. The summed E-state index contributed by atoms with van der Waals surface area (Å²) in [5.74, 6) is 2.06. The number of rotatable bonds is 5. The molecule has 0 amide bonds. The molecule has 0 saturated carbocycles. The predicted molar refractivity (Wildman–Crippen MR) is 84.8 cm³/mol. The Morgan fingerprint density at radius 1 is 1.18 bits per heavy atom. The Bertz CT molecular complexity index is 798. The fourth-order valence-corrected chi connectivity index (χ4v) is 2.26. The van der Waals surface area contributed by atoms with E-state index in [4.69, 9.17) is 9.47 Å². The van der Waals surface area contributed by atoms with E-state index in [1.807, 2.05) is 30.5 Å².